The van der Waals surface area contributed by atoms with Gasteiger partial charge in [0.1, 0.15) is 5.82 Å². The number of amides is 1. The van der Waals surface area contributed by atoms with Crippen molar-refractivity contribution in [3.8, 4) is 0 Å². The van der Waals surface area contributed by atoms with Crippen molar-refractivity contribution in [3.63, 3.8) is 0 Å². The molecule has 1 aliphatic rings. The minimum Gasteiger partial charge on any atom is -0.375 e. The fourth-order valence-electron chi connectivity index (χ4n) is 2.00. The molecule has 1 saturated heterocycles. The van der Waals surface area contributed by atoms with Gasteiger partial charge >= 0.3 is 0 Å². The molecule has 2 rings (SSSR count). The minimum absolute atomic E-state index is 0.0342. The molecule has 0 radical (unpaired) electrons. The van der Waals surface area contributed by atoms with E-state index in [1.807, 2.05) is 11.0 Å². The standard InChI is InChI=1S/C13H19N3O2/c1-3-11-9-16(6-7-18-11)13(17)10-4-5-12(14-2)15-8-10/h4-5,8,11H,3,6-7,9H2,1-2H3,(H,14,15)/t11-/m0/s1. The molecule has 0 bridgehead atoms. The summed E-state index contributed by atoms with van der Waals surface area (Å²) in [5, 5.41) is 2.93. The molecule has 5 nitrogen and oxygen atoms in total. The van der Waals surface area contributed by atoms with E-state index in [-0.39, 0.29) is 12.0 Å². The Morgan fingerprint density at radius 2 is 2.44 bits per heavy atom. The maximum absolute atomic E-state index is 12.3. The van der Waals surface area contributed by atoms with E-state index in [2.05, 4.69) is 17.2 Å². The molecule has 1 aromatic heterocycles. The normalized spacial score (nSPS) is 19.7. The number of carbonyl (C=O) groups is 1. The third-order valence-electron chi connectivity index (χ3n) is 3.15. The highest BCUT2D eigenvalue weighted by molar-refractivity contribution is 5.94. The van der Waals surface area contributed by atoms with Gasteiger partial charge in [-0.15, -0.1) is 0 Å². The fraction of sp³-hybridized carbons (Fsp3) is 0.538. The van der Waals surface area contributed by atoms with Gasteiger partial charge < -0.3 is 15.0 Å². The van der Waals surface area contributed by atoms with E-state index in [4.69, 9.17) is 4.74 Å². The van der Waals surface area contributed by atoms with Crippen LogP contribution in [0.1, 0.15) is 23.7 Å². The van der Waals surface area contributed by atoms with Crippen LogP contribution in [0.2, 0.25) is 0 Å². The van der Waals surface area contributed by atoms with E-state index < -0.39 is 0 Å². The van der Waals surface area contributed by atoms with Crippen molar-refractivity contribution in [3.05, 3.63) is 23.9 Å². The molecule has 98 valence electrons. The number of aromatic nitrogens is 1. The van der Waals surface area contributed by atoms with Crippen LogP contribution in [0.4, 0.5) is 5.82 Å². The first-order valence-corrected chi connectivity index (χ1v) is 6.29. The highest BCUT2D eigenvalue weighted by Gasteiger charge is 2.23. The van der Waals surface area contributed by atoms with Gasteiger partial charge in [-0.25, -0.2) is 4.98 Å². The molecular weight excluding hydrogens is 230 g/mol. The fourth-order valence-corrected chi connectivity index (χ4v) is 2.00. The second-order valence-electron chi connectivity index (χ2n) is 4.33. The third kappa shape index (κ3) is 2.79. The molecule has 1 aromatic rings. The molecule has 0 unspecified atom stereocenters. The first kappa shape index (κ1) is 12.8. The molecule has 1 amide bonds. The monoisotopic (exact) mass is 249 g/mol. The summed E-state index contributed by atoms with van der Waals surface area (Å²) in [6.45, 7) is 4.01. The van der Waals surface area contributed by atoms with E-state index in [0.29, 0.717) is 25.3 Å². The van der Waals surface area contributed by atoms with Crippen molar-refractivity contribution in [2.75, 3.05) is 32.1 Å². The zero-order valence-corrected chi connectivity index (χ0v) is 10.8. The number of ether oxygens (including phenoxy) is 1. The largest absolute Gasteiger partial charge is 0.375 e. The average molecular weight is 249 g/mol. The first-order chi connectivity index (χ1) is 8.74. The molecule has 1 aliphatic heterocycles. The number of morpholine rings is 1. The Bertz CT molecular complexity index is 405. The van der Waals surface area contributed by atoms with Gasteiger partial charge in [-0.2, -0.15) is 0 Å². The molecule has 0 aliphatic carbocycles. The van der Waals surface area contributed by atoms with E-state index in [9.17, 15) is 4.79 Å². The number of nitrogens with zero attached hydrogens (tertiary/aromatic N) is 2. The summed E-state index contributed by atoms with van der Waals surface area (Å²) in [7, 11) is 1.80. The van der Waals surface area contributed by atoms with Gasteiger partial charge in [-0.1, -0.05) is 6.92 Å². The Balaban J connectivity index is 2.05. The lowest BCUT2D eigenvalue weighted by Crippen LogP contribution is -2.45. The summed E-state index contributed by atoms with van der Waals surface area (Å²) in [5.74, 6) is 0.798. The topological polar surface area (TPSA) is 54.5 Å². The van der Waals surface area contributed by atoms with Crippen LogP contribution in [0, 0.1) is 0 Å². The van der Waals surface area contributed by atoms with Crippen LogP contribution in [0.25, 0.3) is 0 Å². The Hall–Kier alpha value is -1.62. The molecule has 0 spiro atoms. The van der Waals surface area contributed by atoms with E-state index in [1.165, 1.54) is 0 Å². The zero-order valence-electron chi connectivity index (χ0n) is 10.8. The Morgan fingerprint density at radius 1 is 1.61 bits per heavy atom. The summed E-state index contributed by atoms with van der Waals surface area (Å²) in [5.41, 5.74) is 0.630. The lowest BCUT2D eigenvalue weighted by Gasteiger charge is -2.32. The predicted octanol–water partition coefficient (Wildman–Crippen LogP) is 1.37. The van der Waals surface area contributed by atoms with Crippen molar-refractivity contribution in [1.82, 2.24) is 9.88 Å². The van der Waals surface area contributed by atoms with Crippen LogP contribution in [-0.2, 0) is 4.74 Å². The lowest BCUT2D eigenvalue weighted by molar-refractivity contribution is -0.0226. The third-order valence-corrected chi connectivity index (χ3v) is 3.15. The summed E-state index contributed by atoms with van der Waals surface area (Å²) < 4.78 is 5.56. The average Bonchev–Trinajstić information content (AvgIpc) is 2.46. The van der Waals surface area contributed by atoms with Gasteiger partial charge in [0.25, 0.3) is 5.91 Å². The van der Waals surface area contributed by atoms with Crippen LogP contribution in [0.5, 0.6) is 0 Å². The van der Waals surface area contributed by atoms with Crippen molar-refractivity contribution in [2.24, 2.45) is 0 Å². The van der Waals surface area contributed by atoms with Gasteiger partial charge in [0.05, 0.1) is 18.3 Å². The summed E-state index contributed by atoms with van der Waals surface area (Å²) >= 11 is 0. The van der Waals surface area contributed by atoms with Crippen LogP contribution < -0.4 is 5.32 Å². The van der Waals surface area contributed by atoms with Gasteiger partial charge in [0, 0.05) is 26.3 Å². The summed E-state index contributed by atoms with van der Waals surface area (Å²) in [4.78, 5) is 18.3. The number of carbonyl (C=O) groups excluding carboxylic acids is 1. The Labute approximate surface area is 107 Å². The van der Waals surface area contributed by atoms with Crippen molar-refractivity contribution in [2.45, 2.75) is 19.4 Å². The number of hydrogen-bond acceptors (Lipinski definition) is 4. The number of rotatable bonds is 3. The van der Waals surface area contributed by atoms with E-state index >= 15 is 0 Å². The molecule has 1 atom stereocenters. The Morgan fingerprint density at radius 3 is 3.06 bits per heavy atom. The van der Waals surface area contributed by atoms with Crippen molar-refractivity contribution < 1.29 is 9.53 Å². The molecule has 1 N–H and O–H groups in total. The maximum Gasteiger partial charge on any atom is 0.255 e. The van der Waals surface area contributed by atoms with Crippen LogP contribution in [0.15, 0.2) is 18.3 Å². The molecule has 0 saturated carbocycles. The highest BCUT2D eigenvalue weighted by Crippen LogP contribution is 2.13. The second kappa shape index (κ2) is 5.82. The predicted molar refractivity (Wildman–Crippen MR) is 69.7 cm³/mol. The molecule has 2 heterocycles. The maximum atomic E-state index is 12.3. The SMILES string of the molecule is CC[C@H]1CN(C(=O)c2ccc(NC)nc2)CCO1. The lowest BCUT2D eigenvalue weighted by atomic mass is 10.2. The molecule has 0 aromatic carbocycles. The second-order valence-corrected chi connectivity index (χ2v) is 4.33. The Kier molecular flexibility index (Phi) is 4.15. The van der Waals surface area contributed by atoms with Gasteiger partial charge in [-0.3, -0.25) is 4.79 Å². The number of pyridine rings is 1. The van der Waals surface area contributed by atoms with Gasteiger partial charge in [0.15, 0.2) is 0 Å². The minimum atomic E-state index is 0.0342. The molecule has 1 fully saturated rings. The summed E-state index contributed by atoms with van der Waals surface area (Å²) in [6.07, 6.45) is 2.71. The smallest absolute Gasteiger partial charge is 0.255 e. The van der Waals surface area contributed by atoms with Gasteiger partial charge in [-0.05, 0) is 18.6 Å². The van der Waals surface area contributed by atoms with Crippen LogP contribution in [-0.4, -0.2) is 48.6 Å². The van der Waals surface area contributed by atoms with Crippen LogP contribution in [0.3, 0.4) is 0 Å². The summed E-state index contributed by atoms with van der Waals surface area (Å²) in [6, 6.07) is 3.61. The number of anilines is 1. The quantitative estimate of drug-likeness (QED) is 0.879. The molecular formula is C13H19N3O2. The van der Waals surface area contributed by atoms with Crippen molar-refractivity contribution in [1.29, 1.82) is 0 Å². The van der Waals surface area contributed by atoms with Crippen molar-refractivity contribution >= 4 is 11.7 Å². The number of hydrogen-bond donors (Lipinski definition) is 1. The first-order valence-electron chi connectivity index (χ1n) is 6.29. The number of nitrogens with one attached hydrogen (secondary N) is 1. The van der Waals surface area contributed by atoms with E-state index in [0.717, 1.165) is 12.2 Å². The molecule has 5 heteroatoms. The molecule has 18 heavy (non-hydrogen) atoms. The van der Waals surface area contributed by atoms with E-state index in [1.54, 1.807) is 19.3 Å². The van der Waals surface area contributed by atoms with Gasteiger partial charge in [0.2, 0.25) is 0 Å². The highest BCUT2D eigenvalue weighted by atomic mass is 16.5. The van der Waals surface area contributed by atoms with Crippen LogP contribution >= 0.6 is 0 Å². The zero-order chi connectivity index (χ0) is 13.0.